The summed E-state index contributed by atoms with van der Waals surface area (Å²) in [6, 6.07) is 12.8. The van der Waals surface area contributed by atoms with E-state index in [1.165, 1.54) is 11.1 Å². The molecule has 0 aliphatic carbocycles. The number of hydrogen-bond acceptors (Lipinski definition) is 2. The van der Waals surface area contributed by atoms with Crippen LogP contribution in [-0.4, -0.2) is 11.5 Å². The molecule has 1 N–H and O–H groups in total. The zero-order valence-corrected chi connectivity index (χ0v) is 13.7. The van der Waals surface area contributed by atoms with E-state index >= 15 is 0 Å². The van der Waals surface area contributed by atoms with Crippen molar-refractivity contribution in [3.05, 3.63) is 64.4 Å². The summed E-state index contributed by atoms with van der Waals surface area (Å²) < 4.78 is 0. The van der Waals surface area contributed by atoms with Crippen LogP contribution in [0.5, 0.6) is 0 Å². The van der Waals surface area contributed by atoms with E-state index in [1.54, 1.807) is 6.20 Å². The number of halogens is 1. The van der Waals surface area contributed by atoms with Crippen LogP contribution in [0.25, 0.3) is 0 Å². The van der Waals surface area contributed by atoms with E-state index in [2.05, 4.69) is 55.3 Å². The smallest absolute Gasteiger partial charge is 0.0751 e. The first-order chi connectivity index (χ1) is 10.1. The minimum atomic E-state index is 0.111. The lowest BCUT2D eigenvalue weighted by Crippen LogP contribution is -2.23. The zero-order chi connectivity index (χ0) is 15.2. The molecule has 1 atom stereocenters. The maximum Gasteiger partial charge on any atom is 0.0751 e. The zero-order valence-electron chi connectivity index (χ0n) is 12.9. The summed E-state index contributed by atoms with van der Waals surface area (Å²) in [4.78, 5) is 4.47. The van der Waals surface area contributed by atoms with Crippen LogP contribution < -0.4 is 5.32 Å². The lowest BCUT2D eigenvalue weighted by atomic mass is 9.96. The summed E-state index contributed by atoms with van der Waals surface area (Å²) in [6.07, 6.45) is 2.81. The second-order valence-corrected chi connectivity index (χ2v) is 6.17. The van der Waals surface area contributed by atoms with E-state index in [0.717, 1.165) is 18.7 Å². The van der Waals surface area contributed by atoms with Crippen molar-refractivity contribution in [2.24, 2.45) is 5.92 Å². The Morgan fingerprint density at radius 2 is 2.00 bits per heavy atom. The van der Waals surface area contributed by atoms with Crippen molar-refractivity contribution >= 4 is 11.6 Å². The highest BCUT2D eigenvalue weighted by Gasteiger charge is 2.14. The summed E-state index contributed by atoms with van der Waals surface area (Å²) in [7, 11) is 0. The highest BCUT2D eigenvalue weighted by Crippen LogP contribution is 2.23. The fourth-order valence-corrected chi connectivity index (χ4v) is 2.64. The monoisotopic (exact) mass is 302 g/mol. The molecule has 0 saturated carbocycles. The van der Waals surface area contributed by atoms with Gasteiger partial charge in [-0.3, -0.25) is 4.98 Å². The van der Waals surface area contributed by atoms with Crippen molar-refractivity contribution in [1.29, 1.82) is 0 Å². The fraction of sp³-hybridized carbons (Fsp3) is 0.389. The Morgan fingerprint density at radius 3 is 2.62 bits per heavy atom. The number of nitrogens with one attached hydrogen (secondary N) is 1. The topological polar surface area (TPSA) is 24.9 Å². The van der Waals surface area contributed by atoms with Gasteiger partial charge in [0.15, 0.2) is 0 Å². The molecule has 0 fully saturated rings. The van der Waals surface area contributed by atoms with Gasteiger partial charge in [0.05, 0.1) is 16.8 Å². The van der Waals surface area contributed by atoms with E-state index in [0.29, 0.717) is 10.9 Å². The van der Waals surface area contributed by atoms with Crippen molar-refractivity contribution in [3.8, 4) is 0 Å². The van der Waals surface area contributed by atoms with Crippen molar-refractivity contribution < 1.29 is 0 Å². The van der Waals surface area contributed by atoms with Crippen molar-refractivity contribution in [2.45, 2.75) is 33.2 Å². The summed E-state index contributed by atoms with van der Waals surface area (Å²) in [5, 5.41) is 4.18. The van der Waals surface area contributed by atoms with Gasteiger partial charge < -0.3 is 5.32 Å². The SMILES string of the molecule is CCNC(c1cccc(CC(C)C)c1)c1ccc(Cl)cn1. The lowest BCUT2D eigenvalue weighted by molar-refractivity contribution is 0.611. The van der Waals surface area contributed by atoms with Crippen LogP contribution in [0.1, 0.15) is 43.6 Å². The van der Waals surface area contributed by atoms with Crippen LogP contribution in [-0.2, 0) is 6.42 Å². The van der Waals surface area contributed by atoms with Crippen LogP contribution in [0.15, 0.2) is 42.6 Å². The molecule has 1 heterocycles. The fourth-order valence-electron chi connectivity index (χ4n) is 2.53. The predicted molar refractivity (Wildman–Crippen MR) is 89.8 cm³/mol. The van der Waals surface area contributed by atoms with Gasteiger partial charge in [-0.05, 0) is 42.1 Å². The van der Waals surface area contributed by atoms with Gasteiger partial charge >= 0.3 is 0 Å². The lowest BCUT2D eigenvalue weighted by Gasteiger charge is -2.19. The molecule has 0 bridgehead atoms. The third-order valence-electron chi connectivity index (χ3n) is 3.38. The van der Waals surface area contributed by atoms with Crippen LogP contribution in [0.2, 0.25) is 5.02 Å². The highest BCUT2D eigenvalue weighted by molar-refractivity contribution is 6.30. The second-order valence-electron chi connectivity index (χ2n) is 5.73. The largest absolute Gasteiger partial charge is 0.305 e. The van der Waals surface area contributed by atoms with Crippen molar-refractivity contribution in [2.75, 3.05) is 6.54 Å². The quantitative estimate of drug-likeness (QED) is 0.841. The highest BCUT2D eigenvalue weighted by atomic mass is 35.5. The van der Waals surface area contributed by atoms with Gasteiger partial charge in [0.2, 0.25) is 0 Å². The van der Waals surface area contributed by atoms with Gasteiger partial charge in [-0.1, -0.05) is 56.6 Å². The molecule has 3 heteroatoms. The number of pyridine rings is 1. The van der Waals surface area contributed by atoms with Crippen LogP contribution in [0, 0.1) is 5.92 Å². The first-order valence-corrected chi connectivity index (χ1v) is 7.91. The number of hydrogen-bond donors (Lipinski definition) is 1. The molecule has 2 nitrogen and oxygen atoms in total. The average molecular weight is 303 g/mol. The Hall–Kier alpha value is -1.38. The van der Waals surface area contributed by atoms with Crippen LogP contribution in [0.3, 0.4) is 0 Å². The molecular weight excluding hydrogens is 280 g/mol. The molecule has 1 aromatic heterocycles. The maximum absolute atomic E-state index is 5.94. The molecule has 0 amide bonds. The molecular formula is C18H23ClN2. The molecule has 0 radical (unpaired) electrons. The van der Waals surface area contributed by atoms with Gasteiger partial charge in [-0.25, -0.2) is 0 Å². The number of nitrogens with zero attached hydrogens (tertiary/aromatic N) is 1. The van der Waals surface area contributed by atoms with Gasteiger partial charge in [0.1, 0.15) is 0 Å². The minimum Gasteiger partial charge on any atom is -0.305 e. The summed E-state index contributed by atoms with van der Waals surface area (Å²) in [6.45, 7) is 7.49. The summed E-state index contributed by atoms with van der Waals surface area (Å²) >= 11 is 5.94. The van der Waals surface area contributed by atoms with E-state index in [-0.39, 0.29) is 6.04 Å². The standard InChI is InChI=1S/C18H23ClN2/c1-4-20-18(17-9-8-16(19)12-21-17)15-7-5-6-14(11-15)10-13(2)3/h5-9,11-13,18,20H,4,10H2,1-3H3. The maximum atomic E-state index is 5.94. The molecule has 0 spiro atoms. The van der Waals surface area contributed by atoms with E-state index in [9.17, 15) is 0 Å². The first-order valence-electron chi connectivity index (χ1n) is 7.53. The molecule has 0 aliphatic heterocycles. The van der Waals surface area contributed by atoms with Gasteiger partial charge in [-0.2, -0.15) is 0 Å². The van der Waals surface area contributed by atoms with Gasteiger partial charge in [-0.15, -0.1) is 0 Å². The average Bonchev–Trinajstić information content (AvgIpc) is 2.45. The van der Waals surface area contributed by atoms with E-state index < -0.39 is 0 Å². The Bertz CT molecular complexity index is 564. The molecule has 1 aromatic carbocycles. The molecule has 0 aliphatic rings. The Morgan fingerprint density at radius 1 is 1.19 bits per heavy atom. The Labute approximate surface area is 132 Å². The normalized spacial score (nSPS) is 12.6. The number of benzene rings is 1. The van der Waals surface area contributed by atoms with Crippen LogP contribution >= 0.6 is 11.6 Å². The van der Waals surface area contributed by atoms with E-state index in [4.69, 9.17) is 11.6 Å². The third kappa shape index (κ3) is 4.55. The van der Waals surface area contributed by atoms with E-state index in [1.807, 2.05) is 12.1 Å². The van der Waals surface area contributed by atoms with Crippen LogP contribution in [0.4, 0.5) is 0 Å². The molecule has 2 aromatic rings. The summed E-state index contributed by atoms with van der Waals surface area (Å²) in [5.41, 5.74) is 3.63. The number of aromatic nitrogens is 1. The Balaban J connectivity index is 2.31. The number of rotatable bonds is 6. The molecule has 2 rings (SSSR count). The molecule has 0 saturated heterocycles. The van der Waals surface area contributed by atoms with Crippen molar-refractivity contribution in [1.82, 2.24) is 10.3 Å². The molecule has 1 unspecified atom stereocenters. The summed E-state index contributed by atoms with van der Waals surface area (Å²) in [5.74, 6) is 0.659. The predicted octanol–water partition coefficient (Wildman–Crippen LogP) is 4.63. The van der Waals surface area contributed by atoms with Crippen molar-refractivity contribution in [3.63, 3.8) is 0 Å². The third-order valence-corrected chi connectivity index (χ3v) is 3.61. The first kappa shape index (κ1) is 16.0. The molecule has 112 valence electrons. The second kappa shape index (κ2) is 7.58. The minimum absolute atomic E-state index is 0.111. The molecule has 21 heavy (non-hydrogen) atoms. The van der Waals surface area contributed by atoms with Gasteiger partial charge in [0.25, 0.3) is 0 Å². The van der Waals surface area contributed by atoms with Gasteiger partial charge in [0, 0.05) is 6.20 Å². The Kier molecular flexibility index (Phi) is 5.77.